The average Bonchev–Trinajstić information content (AvgIpc) is 2.55. The molecule has 0 aliphatic carbocycles. The number of anilines is 2. The first kappa shape index (κ1) is 18.3. The van der Waals surface area contributed by atoms with Gasteiger partial charge in [0.1, 0.15) is 0 Å². The lowest BCUT2D eigenvalue weighted by Crippen LogP contribution is -2.14. The van der Waals surface area contributed by atoms with Crippen molar-refractivity contribution in [3.05, 3.63) is 53.6 Å². The minimum absolute atomic E-state index is 0.323. The van der Waals surface area contributed by atoms with Crippen LogP contribution >= 0.6 is 0 Å². The Balaban J connectivity index is 2.06. The van der Waals surface area contributed by atoms with Crippen molar-refractivity contribution in [3.8, 4) is 0 Å². The van der Waals surface area contributed by atoms with Crippen LogP contribution in [0.15, 0.2) is 47.4 Å². The van der Waals surface area contributed by atoms with E-state index in [0.29, 0.717) is 10.6 Å². The maximum absolute atomic E-state index is 12.6. The largest absolute Gasteiger partial charge is 0.385 e. The highest BCUT2D eigenvalue weighted by molar-refractivity contribution is 7.92. The molecular weight excluding hydrogens is 320 g/mol. The summed E-state index contributed by atoms with van der Waals surface area (Å²) in [6, 6.07) is 12.8. The molecule has 0 atom stereocenters. The molecule has 0 aliphatic heterocycles. The molecule has 0 saturated carbocycles. The maximum atomic E-state index is 12.6. The van der Waals surface area contributed by atoms with Gasteiger partial charge in [0.25, 0.3) is 10.0 Å². The molecule has 5 heteroatoms. The lowest BCUT2D eigenvalue weighted by Gasteiger charge is -2.12. The van der Waals surface area contributed by atoms with Crippen LogP contribution in [0, 0.1) is 13.8 Å². The van der Waals surface area contributed by atoms with Gasteiger partial charge in [0, 0.05) is 17.9 Å². The number of unbranched alkanes of at least 4 members (excludes halogenated alkanes) is 2. The fourth-order valence-corrected chi connectivity index (χ4v) is 3.86. The summed E-state index contributed by atoms with van der Waals surface area (Å²) in [5.74, 6) is 0. The predicted molar refractivity (Wildman–Crippen MR) is 101 cm³/mol. The molecule has 24 heavy (non-hydrogen) atoms. The van der Waals surface area contributed by atoms with E-state index < -0.39 is 10.0 Å². The number of hydrogen-bond donors (Lipinski definition) is 2. The maximum Gasteiger partial charge on any atom is 0.262 e. The Kier molecular flexibility index (Phi) is 6.26. The van der Waals surface area contributed by atoms with Crippen molar-refractivity contribution in [1.29, 1.82) is 0 Å². The Morgan fingerprint density at radius 2 is 1.58 bits per heavy atom. The molecule has 0 fully saturated rings. The zero-order chi connectivity index (χ0) is 17.6. The Morgan fingerprint density at radius 3 is 2.25 bits per heavy atom. The Morgan fingerprint density at radius 1 is 0.917 bits per heavy atom. The number of nitrogens with one attached hydrogen (secondary N) is 2. The second-order valence-corrected chi connectivity index (χ2v) is 7.74. The molecule has 0 heterocycles. The molecule has 130 valence electrons. The van der Waals surface area contributed by atoms with E-state index in [0.717, 1.165) is 29.8 Å². The summed E-state index contributed by atoms with van der Waals surface area (Å²) in [4.78, 5) is 0.323. The highest BCUT2D eigenvalue weighted by Gasteiger charge is 2.17. The summed E-state index contributed by atoms with van der Waals surface area (Å²) in [5, 5.41) is 3.34. The Bertz CT molecular complexity index is 768. The first-order valence-electron chi connectivity index (χ1n) is 8.36. The van der Waals surface area contributed by atoms with E-state index in [4.69, 9.17) is 0 Å². The van der Waals surface area contributed by atoms with Crippen LogP contribution < -0.4 is 10.0 Å². The second-order valence-electron chi connectivity index (χ2n) is 6.09. The summed E-state index contributed by atoms with van der Waals surface area (Å²) >= 11 is 0. The van der Waals surface area contributed by atoms with E-state index in [2.05, 4.69) is 17.0 Å². The first-order valence-corrected chi connectivity index (χ1v) is 9.84. The number of hydrogen-bond acceptors (Lipinski definition) is 3. The van der Waals surface area contributed by atoms with Crippen molar-refractivity contribution in [3.63, 3.8) is 0 Å². The van der Waals surface area contributed by atoms with Gasteiger partial charge < -0.3 is 5.32 Å². The number of sulfonamides is 1. The van der Waals surface area contributed by atoms with Gasteiger partial charge >= 0.3 is 0 Å². The zero-order valence-electron chi connectivity index (χ0n) is 14.6. The molecule has 2 N–H and O–H groups in total. The second kappa shape index (κ2) is 8.20. The third-order valence-corrected chi connectivity index (χ3v) is 5.40. The summed E-state index contributed by atoms with van der Waals surface area (Å²) < 4.78 is 27.8. The third kappa shape index (κ3) is 4.99. The first-order chi connectivity index (χ1) is 11.4. The van der Waals surface area contributed by atoms with Crippen molar-refractivity contribution in [2.75, 3.05) is 16.6 Å². The Hall–Kier alpha value is -2.01. The highest BCUT2D eigenvalue weighted by Crippen LogP contribution is 2.21. The van der Waals surface area contributed by atoms with Gasteiger partial charge in [0.2, 0.25) is 0 Å². The van der Waals surface area contributed by atoms with Crippen LogP contribution in [0.1, 0.15) is 37.3 Å². The van der Waals surface area contributed by atoms with Crippen molar-refractivity contribution in [2.24, 2.45) is 0 Å². The van der Waals surface area contributed by atoms with Crippen molar-refractivity contribution < 1.29 is 8.42 Å². The van der Waals surface area contributed by atoms with E-state index in [1.54, 1.807) is 25.1 Å². The fraction of sp³-hybridized carbons (Fsp3) is 0.368. The standard InChI is InChI=1S/C19H26N2O2S/c1-4-5-6-13-20-17-9-11-18(12-10-17)21-24(22,23)19-14-15(2)7-8-16(19)3/h7-12,14,20-21H,4-6,13H2,1-3H3. The topological polar surface area (TPSA) is 58.2 Å². The van der Waals surface area contributed by atoms with E-state index in [9.17, 15) is 8.42 Å². The molecule has 0 saturated heterocycles. The molecule has 0 bridgehead atoms. The lowest BCUT2D eigenvalue weighted by atomic mass is 10.2. The van der Waals surface area contributed by atoms with Gasteiger partial charge in [0.15, 0.2) is 0 Å². The molecule has 0 aliphatic rings. The van der Waals surface area contributed by atoms with E-state index >= 15 is 0 Å². The highest BCUT2D eigenvalue weighted by atomic mass is 32.2. The monoisotopic (exact) mass is 346 g/mol. The summed E-state index contributed by atoms with van der Waals surface area (Å²) in [6.45, 7) is 6.80. The molecular formula is C19H26N2O2S. The lowest BCUT2D eigenvalue weighted by molar-refractivity contribution is 0.600. The molecule has 0 amide bonds. The van der Waals surface area contributed by atoms with Crippen LogP contribution in [0.4, 0.5) is 11.4 Å². The fourth-order valence-electron chi connectivity index (χ4n) is 2.47. The van der Waals surface area contributed by atoms with Gasteiger partial charge in [-0.3, -0.25) is 4.72 Å². The normalized spacial score (nSPS) is 11.3. The molecule has 0 unspecified atom stereocenters. The molecule has 0 spiro atoms. The summed E-state index contributed by atoms with van der Waals surface area (Å²) in [6.07, 6.45) is 3.54. The van der Waals surface area contributed by atoms with Crippen LogP contribution in [-0.4, -0.2) is 15.0 Å². The predicted octanol–water partition coefficient (Wildman–Crippen LogP) is 4.71. The van der Waals surface area contributed by atoms with Crippen LogP contribution in [0.3, 0.4) is 0 Å². The van der Waals surface area contributed by atoms with E-state index in [1.165, 1.54) is 12.8 Å². The van der Waals surface area contributed by atoms with Crippen molar-refractivity contribution in [1.82, 2.24) is 0 Å². The molecule has 2 aromatic carbocycles. The number of benzene rings is 2. The van der Waals surface area contributed by atoms with E-state index in [-0.39, 0.29) is 0 Å². The van der Waals surface area contributed by atoms with Gasteiger partial charge in [-0.15, -0.1) is 0 Å². The minimum Gasteiger partial charge on any atom is -0.385 e. The zero-order valence-corrected chi connectivity index (χ0v) is 15.4. The Labute approximate surface area is 145 Å². The summed E-state index contributed by atoms with van der Waals surface area (Å²) in [5.41, 5.74) is 3.23. The molecule has 2 aromatic rings. The van der Waals surface area contributed by atoms with Gasteiger partial charge in [-0.2, -0.15) is 0 Å². The van der Waals surface area contributed by atoms with Gasteiger partial charge in [-0.05, 0) is 61.7 Å². The number of aryl methyl sites for hydroxylation is 2. The average molecular weight is 346 g/mol. The van der Waals surface area contributed by atoms with Crippen LogP contribution in [0.5, 0.6) is 0 Å². The minimum atomic E-state index is -3.57. The van der Waals surface area contributed by atoms with Crippen LogP contribution in [0.25, 0.3) is 0 Å². The number of rotatable bonds is 8. The van der Waals surface area contributed by atoms with Crippen LogP contribution in [0.2, 0.25) is 0 Å². The molecule has 0 radical (unpaired) electrons. The van der Waals surface area contributed by atoms with Crippen molar-refractivity contribution in [2.45, 2.75) is 44.9 Å². The molecule has 0 aromatic heterocycles. The SMILES string of the molecule is CCCCCNc1ccc(NS(=O)(=O)c2cc(C)ccc2C)cc1. The third-order valence-electron chi connectivity index (χ3n) is 3.88. The summed E-state index contributed by atoms with van der Waals surface area (Å²) in [7, 11) is -3.57. The van der Waals surface area contributed by atoms with Gasteiger partial charge in [0.05, 0.1) is 4.90 Å². The van der Waals surface area contributed by atoms with Crippen LogP contribution in [-0.2, 0) is 10.0 Å². The quantitative estimate of drug-likeness (QED) is 0.681. The molecule has 4 nitrogen and oxygen atoms in total. The van der Waals surface area contributed by atoms with Gasteiger partial charge in [-0.1, -0.05) is 31.9 Å². The molecule has 2 rings (SSSR count). The van der Waals surface area contributed by atoms with Gasteiger partial charge in [-0.25, -0.2) is 8.42 Å². The van der Waals surface area contributed by atoms with Crippen molar-refractivity contribution >= 4 is 21.4 Å². The smallest absolute Gasteiger partial charge is 0.262 e. The van der Waals surface area contributed by atoms with E-state index in [1.807, 2.05) is 31.2 Å².